The van der Waals surface area contributed by atoms with Gasteiger partial charge in [0.05, 0.1) is 25.5 Å². The monoisotopic (exact) mass is 465 g/mol. The minimum absolute atomic E-state index is 0.0513. The number of hydrogen-bond acceptors (Lipinski definition) is 7. The fourth-order valence-corrected chi connectivity index (χ4v) is 3.14. The molecule has 2 aromatic carbocycles. The number of nitrogens with zero attached hydrogens (tertiary/aromatic N) is 2. The van der Waals surface area contributed by atoms with Crippen LogP contribution in [0.3, 0.4) is 0 Å². The number of carbonyl (C=O) groups excluding carboxylic acids is 1. The van der Waals surface area contributed by atoms with Crippen molar-refractivity contribution in [2.45, 2.75) is 11.3 Å². The molecule has 1 N–H and O–H groups in total. The summed E-state index contributed by atoms with van der Waals surface area (Å²) < 4.78 is 54.5. The summed E-state index contributed by atoms with van der Waals surface area (Å²) in [4.78, 5) is 20.4. The number of nitrogens with one attached hydrogen (secondary N) is 1. The first-order valence-corrected chi connectivity index (χ1v) is 10.1. The average Bonchev–Trinajstić information content (AvgIpc) is 2.77. The van der Waals surface area contributed by atoms with E-state index >= 15 is 0 Å². The van der Waals surface area contributed by atoms with Crippen molar-refractivity contribution in [1.29, 1.82) is 0 Å². The van der Waals surface area contributed by atoms with Crippen molar-refractivity contribution in [2.24, 2.45) is 0 Å². The van der Waals surface area contributed by atoms with Crippen LogP contribution in [0.4, 0.5) is 18.9 Å². The molecule has 0 atom stereocenters. The van der Waals surface area contributed by atoms with Gasteiger partial charge in [0.2, 0.25) is 11.8 Å². The van der Waals surface area contributed by atoms with Gasteiger partial charge in [-0.3, -0.25) is 4.79 Å². The van der Waals surface area contributed by atoms with Crippen LogP contribution in [0.25, 0.3) is 0 Å². The first-order chi connectivity index (χ1) is 15.3. The summed E-state index contributed by atoms with van der Waals surface area (Å²) in [6, 6.07) is 10.9. The molecule has 3 aromatic rings. The van der Waals surface area contributed by atoms with E-state index in [1.807, 2.05) is 0 Å². The van der Waals surface area contributed by atoms with Gasteiger partial charge in [-0.25, -0.2) is 4.98 Å². The van der Waals surface area contributed by atoms with Crippen LogP contribution in [0, 0.1) is 0 Å². The number of amides is 1. The number of alkyl halides is 3. The Bertz CT molecular complexity index is 1070. The van der Waals surface area contributed by atoms with Crippen molar-refractivity contribution in [3.05, 3.63) is 60.3 Å². The summed E-state index contributed by atoms with van der Waals surface area (Å²) in [6.45, 7) is 0. The van der Waals surface area contributed by atoms with Crippen molar-refractivity contribution >= 4 is 23.4 Å². The maximum atomic E-state index is 12.8. The van der Waals surface area contributed by atoms with Crippen LogP contribution in [0.1, 0.15) is 5.56 Å². The second kappa shape index (κ2) is 10.2. The first kappa shape index (κ1) is 23.2. The lowest BCUT2D eigenvalue weighted by Crippen LogP contribution is -2.15. The van der Waals surface area contributed by atoms with Crippen LogP contribution in [0.15, 0.2) is 59.9 Å². The molecule has 0 aliphatic carbocycles. The molecule has 168 valence electrons. The molecule has 0 fully saturated rings. The predicted octanol–water partition coefficient (Wildman–Crippen LogP) is 5.04. The van der Waals surface area contributed by atoms with Gasteiger partial charge in [0.25, 0.3) is 0 Å². The lowest BCUT2D eigenvalue weighted by atomic mass is 10.2. The molecule has 7 nitrogen and oxygen atoms in total. The van der Waals surface area contributed by atoms with E-state index in [1.165, 1.54) is 32.5 Å². The van der Waals surface area contributed by atoms with Crippen molar-refractivity contribution in [3.8, 4) is 23.1 Å². The van der Waals surface area contributed by atoms with Crippen molar-refractivity contribution < 1.29 is 32.2 Å². The van der Waals surface area contributed by atoms with E-state index in [1.54, 1.807) is 24.3 Å². The van der Waals surface area contributed by atoms with Gasteiger partial charge in [0.15, 0.2) is 5.16 Å². The van der Waals surface area contributed by atoms with Gasteiger partial charge >= 0.3 is 6.18 Å². The summed E-state index contributed by atoms with van der Waals surface area (Å²) in [7, 11) is 3.03. The molecule has 1 amide bonds. The van der Waals surface area contributed by atoms with E-state index < -0.39 is 17.6 Å². The highest BCUT2D eigenvalue weighted by atomic mass is 32.2. The molecule has 0 bridgehead atoms. The van der Waals surface area contributed by atoms with Crippen molar-refractivity contribution in [1.82, 2.24) is 9.97 Å². The van der Waals surface area contributed by atoms with Gasteiger partial charge in [0, 0.05) is 36.1 Å². The molecule has 11 heteroatoms. The Morgan fingerprint density at radius 3 is 2.38 bits per heavy atom. The molecule has 0 unspecified atom stereocenters. The van der Waals surface area contributed by atoms with E-state index in [0.717, 1.165) is 23.9 Å². The number of anilines is 1. The zero-order valence-electron chi connectivity index (χ0n) is 17.0. The number of ether oxygens (including phenoxy) is 3. The minimum atomic E-state index is -4.49. The van der Waals surface area contributed by atoms with Crippen LogP contribution in [0.2, 0.25) is 0 Å². The number of carbonyl (C=O) groups is 1. The summed E-state index contributed by atoms with van der Waals surface area (Å²) in [6.07, 6.45) is -3.02. The van der Waals surface area contributed by atoms with Crippen molar-refractivity contribution in [3.63, 3.8) is 0 Å². The topological polar surface area (TPSA) is 82.6 Å². The van der Waals surface area contributed by atoms with E-state index in [2.05, 4.69) is 15.3 Å². The number of benzene rings is 2. The first-order valence-electron chi connectivity index (χ1n) is 9.10. The summed E-state index contributed by atoms with van der Waals surface area (Å²) in [5.74, 6) is 1.13. The summed E-state index contributed by atoms with van der Waals surface area (Å²) >= 11 is 1.01. The number of halogens is 3. The van der Waals surface area contributed by atoms with Crippen LogP contribution in [0.5, 0.6) is 23.1 Å². The molecule has 32 heavy (non-hydrogen) atoms. The van der Waals surface area contributed by atoms with E-state index in [0.29, 0.717) is 17.2 Å². The Labute approximate surface area is 185 Å². The molecule has 1 aromatic heterocycles. The van der Waals surface area contributed by atoms with Crippen LogP contribution >= 0.6 is 11.8 Å². The second-order valence-electron chi connectivity index (χ2n) is 6.24. The highest BCUT2D eigenvalue weighted by molar-refractivity contribution is 7.99. The fraction of sp³-hybridized carbons (Fsp3) is 0.190. The Hall–Kier alpha value is -3.47. The largest absolute Gasteiger partial charge is 0.496 e. The molecule has 0 radical (unpaired) electrons. The van der Waals surface area contributed by atoms with Gasteiger partial charge in [-0.15, -0.1) is 0 Å². The van der Waals surface area contributed by atoms with E-state index in [9.17, 15) is 18.0 Å². The zero-order chi connectivity index (χ0) is 23.1. The standard InChI is InChI=1S/C21H18F3N3O4S/c1-29-15-9-16(30-2)11-17(10-15)31-19-6-7-25-20(27-19)32-12-18(28)26-14-5-3-4-13(8-14)21(22,23)24/h3-11H,12H2,1-2H3,(H,26,28). The third-order valence-electron chi connectivity index (χ3n) is 3.96. The molecule has 0 aliphatic rings. The molecular weight excluding hydrogens is 447 g/mol. The highest BCUT2D eigenvalue weighted by Crippen LogP contribution is 2.32. The number of methoxy groups -OCH3 is 2. The van der Waals surface area contributed by atoms with E-state index in [-0.39, 0.29) is 22.5 Å². The lowest BCUT2D eigenvalue weighted by molar-refractivity contribution is -0.137. The lowest BCUT2D eigenvalue weighted by Gasteiger charge is -2.10. The van der Waals surface area contributed by atoms with Crippen LogP contribution in [-0.2, 0) is 11.0 Å². The normalized spacial score (nSPS) is 11.0. The van der Waals surface area contributed by atoms with Crippen LogP contribution in [-0.4, -0.2) is 35.8 Å². The number of aromatic nitrogens is 2. The highest BCUT2D eigenvalue weighted by Gasteiger charge is 2.30. The number of thioether (sulfide) groups is 1. The molecule has 1 heterocycles. The molecule has 3 rings (SSSR count). The molecule has 0 aliphatic heterocycles. The SMILES string of the molecule is COc1cc(OC)cc(Oc2ccnc(SCC(=O)Nc3cccc(C(F)(F)F)c3)n2)c1. The maximum absolute atomic E-state index is 12.8. The van der Waals surface area contributed by atoms with Crippen LogP contribution < -0.4 is 19.5 Å². The van der Waals surface area contributed by atoms with Gasteiger partial charge in [0.1, 0.15) is 17.2 Å². The molecular formula is C21H18F3N3O4S. The number of hydrogen-bond donors (Lipinski definition) is 1. The van der Waals surface area contributed by atoms with Gasteiger partial charge in [-0.2, -0.15) is 18.2 Å². The Morgan fingerprint density at radius 2 is 1.72 bits per heavy atom. The Kier molecular flexibility index (Phi) is 7.41. The van der Waals surface area contributed by atoms with Gasteiger partial charge in [-0.1, -0.05) is 17.8 Å². The van der Waals surface area contributed by atoms with Gasteiger partial charge in [-0.05, 0) is 18.2 Å². The predicted molar refractivity (Wildman–Crippen MR) is 112 cm³/mol. The summed E-state index contributed by atoms with van der Waals surface area (Å²) in [5.41, 5.74) is -0.791. The van der Waals surface area contributed by atoms with Gasteiger partial charge < -0.3 is 19.5 Å². The maximum Gasteiger partial charge on any atom is 0.416 e. The Morgan fingerprint density at radius 1 is 1.03 bits per heavy atom. The molecule has 0 saturated heterocycles. The minimum Gasteiger partial charge on any atom is -0.496 e. The number of rotatable bonds is 8. The summed E-state index contributed by atoms with van der Waals surface area (Å²) in [5, 5.41) is 2.69. The molecule has 0 saturated carbocycles. The molecule has 0 spiro atoms. The quantitative estimate of drug-likeness (QED) is 0.369. The van der Waals surface area contributed by atoms with Crippen molar-refractivity contribution in [2.75, 3.05) is 25.3 Å². The van der Waals surface area contributed by atoms with E-state index in [4.69, 9.17) is 14.2 Å². The Balaban J connectivity index is 1.61. The second-order valence-corrected chi connectivity index (χ2v) is 7.19. The third-order valence-corrected chi connectivity index (χ3v) is 4.82. The fourth-order valence-electron chi connectivity index (χ4n) is 2.51. The smallest absolute Gasteiger partial charge is 0.416 e. The third kappa shape index (κ3) is 6.51. The average molecular weight is 465 g/mol. The zero-order valence-corrected chi connectivity index (χ0v) is 17.8.